The van der Waals surface area contributed by atoms with Crippen molar-refractivity contribution in [1.29, 1.82) is 0 Å². The molecule has 51 heavy (non-hydrogen) atoms. The van der Waals surface area contributed by atoms with Crippen LogP contribution < -0.4 is 0 Å². The first-order valence-electron chi connectivity index (χ1n) is 17.6. The molecule has 1 aromatic heterocycles. The summed E-state index contributed by atoms with van der Waals surface area (Å²) in [4.78, 5) is 0. The molecule has 0 radical (unpaired) electrons. The molecule has 0 aliphatic rings. The first kappa shape index (κ1) is 29.2. The summed E-state index contributed by atoms with van der Waals surface area (Å²) in [5.41, 5.74) is 13.5. The van der Waals surface area contributed by atoms with Crippen molar-refractivity contribution in [2.24, 2.45) is 0 Å². The predicted octanol–water partition coefficient (Wildman–Crippen LogP) is 13.8. The molecule has 0 N–H and O–H groups in total. The summed E-state index contributed by atoms with van der Waals surface area (Å²) < 4.78 is 2.40. The molecule has 1 heterocycles. The van der Waals surface area contributed by atoms with E-state index in [1.54, 1.807) is 0 Å². The summed E-state index contributed by atoms with van der Waals surface area (Å²) in [7, 11) is 0. The summed E-state index contributed by atoms with van der Waals surface area (Å²) in [5, 5.41) is 7.54. The Morgan fingerprint density at radius 2 is 0.745 bits per heavy atom. The van der Waals surface area contributed by atoms with Crippen molar-refractivity contribution in [2.75, 3.05) is 0 Å². The van der Waals surface area contributed by atoms with Crippen LogP contribution in [0.5, 0.6) is 0 Å². The fraction of sp³-hybridized carbons (Fsp3) is 0. The van der Waals surface area contributed by atoms with Crippen LogP contribution in [0.1, 0.15) is 0 Å². The molecule has 10 rings (SSSR count). The number of rotatable bonds is 5. The van der Waals surface area contributed by atoms with Crippen molar-refractivity contribution in [3.8, 4) is 50.2 Å². The summed E-state index contributed by atoms with van der Waals surface area (Å²) in [6.07, 6.45) is 0. The van der Waals surface area contributed by atoms with Crippen LogP contribution in [0.3, 0.4) is 0 Å². The summed E-state index contributed by atoms with van der Waals surface area (Å²) >= 11 is 0. The largest absolute Gasteiger partial charge is 0.309 e. The summed E-state index contributed by atoms with van der Waals surface area (Å²) in [5.74, 6) is 0. The van der Waals surface area contributed by atoms with Crippen LogP contribution in [0, 0.1) is 0 Å². The van der Waals surface area contributed by atoms with Gasteiger partial charge in [-0.05, 0) is 96.4 Å². The van der Waals surface area contributed by atoms with E-state index in [0.717, 1.165) is 5.69 Å². The number of hydrogen-bond acceptors (Lipinski definition) is 0. The van der Waals surface area contributed by atoms with Gasteiger partial charge in [-0.25, -0.2) is 0 Å². The van der Waals surface area contributed by atoms with Gasteiger partial charge in [0.15, 0.2) is 0 Å². The summed E-state index contributed by atoms with van der Waals surface area (Å²) in [6, 6.07) is 72.9. The van der Waals surface area contributed by atoms with Crippen LogP contribution in [-0.4, -0.2) is 4.57 Å². The second-order valence-corrected chi connectivity index (χ2v) is 13.2. The molecule has 0 amide bonds. The molecule has 0 atom stereocenters. The molecular weight excluding hydrogens is 615 g/mol. The molecule has 0 saturated carbocycles. The Balaban J connectivity index is 1.27. The predicted molar refractivity (Wildman–Crippen MR) is 218 cm³/mol. The fourth-order valence-corrected chi connectivity index (χ4v) is 8.25. The lowest BCUT2D eigenvalue weighted by molar-refractivity contribution is 1.18. The highest BCUT2D eigenvalue weighted by Gasteiger charge is 2.21. The zero-order valence-corrected chi connectivity index (χ0v) is 28.0. The van der Waals surface area contributed by atoms with Crippen LogP contribution in [-0.2, 0) is 0 Å². The Hall–Kier alpha value is -6.70. The number of hydrogen-bond donors (Lipinski definition) is 0. The molecule has 0 bridgehead atoms. The van der Waals surface area contributed by atoms with E-state index in [1.165, 1.54) is 87.9 Å². The van der Waals surface area contributed by atoms with E-state index in [-0.39, 0.29) is 0 Å². The van der Waals surface area contributed by atoms with Gasteiger partial charge in [0.2, 0.25) is 0 Å². The molecule has 1 heteroatoms. The highest BCUT2D eigenvalue weighted by atomic mass is 15.0. The van der Waals surface area contributed by atoms with Crippen LogP contribution in [0.2, 0.25) is 0 Å². The molecule has 0 fully saturated rings. The van der Waals surface area contributed by atoms with E-state index >= 15 is 0 Å². The monoisotopic (exact) mass is 647 g/mol. The van der Waals surface area contributed by atoms with Gasteiger partial charge >= 0.3 is 0 Å². The molecule has 238 valence electrons. The molecule has 0 aliphatic heterocycles. The average Bonchev–Trinajstić information content (AvgIpc) is 3.55. The Bertz CT molecular complexity index is 2840. The lowest BCUT2D eigenvalue weighted by Crippen LogP contribution is -1.94. The SMILES string of the molecule is c1ccc(-c2cccc(-c3c4ccccc4c(-c4ccccc4-c4cccc5c4c4ccccc4n5-c4ccccc4)c4ccccc34)c2)cc1. The number of para-hydroxylation sites is 2. The Labute approximate surface area is 297 Å². The molecule has 0 unspecified atom stereocenters. The third-order valence-corrected chi connectivity index (χ3v) is 10.4. The standard InChI is InChI=1S/C50H33N/c1-3-17-34(18-4-1)35-19-15-20-36(33-35)48-41-25-9-11-27-43(41)49(44-28-12-10-26-42(44)48)39-24-8-7-23-38(39)40-30-16-32-47-50(40)45-29-13-14-31-46(45)51(47)37-21-5-2-6-22-37/h1-33H. The van der Waals surface area contributed by atoms with Gasteiger partial charge < -0.3 is 4.57 Å². The zero-order chi connectivity index (χ0) is 33.7. The number of aromatic nitrogens is 1. The third-order valence-electron chi connectivity index (χ3n) is 10.4. The Morgan fingerprint density at radius 3 is 1.45 bits per heavy atom. The van der Waals surface area contributed by atoms with Gasteiger partial charge in [0.25, 0.3) is 0 Å². The van der Waals surface area contributed by atoms with Crippen LogP contribution in [0.4, 0.5) is 0 Å². The van der Waals surface area contributed by atoms with Crippen molar-refractivity contribution in [2.45, 2.75) is 0 Å². The molecule has 9 aromatic carbocycles. The smallest absolute Gasteiger partial charge is 0.0547 e. The third kappa shape index (κ3) is 4.70. The minimum absolute atomic E-state index is 1.16. The molecule has 1 nitrogen and oxygen atoms in total. The van der Waals surface area contributed by atoms with Gasteiger partial charge in [-0.3, -0.25) is 0 Å². The first-order valence-corrected chi connectivity index (χ1v) is 17.6. The average molecular weight is 648 g/mol. The zero-order valence-electron chi connectivity index (χ0n) is 28.0. The minimum Gasteiger partial charge on any atom is -0.309 e. The van der Waals surface area contributed by atoms with E-state index in [0.29, 0.717) is 0 Å². The van der Waals surface area contributed by atoms with Crippen molar-refractivity contribution in [1.82, 2.24) is 4.57 Å². The van der Waals surface area contributed by atoms with Gasteiger partial charge in [0, 0.05) is 16.5 Å². The van der Waals surface area contributed by atoms with E-state index < -0.39 is 0 Å². The van der Waals surface area contributed by atoms with Crippen molar-refractivity contribution in [3.63, 3.8) is 0 Å². The second-order valence-electron chi connectivity index (χ2n) is 13.2. The summed E-state index contributed by atoms with van der Waals surface area (Å²) in [6.45, 7) is 0. The van der Waals surface area contributed by atoms with Gasteiger partial charge in [0.05, 0.1) is 11.0 Å². The van der Waals surface area contributed by atoms with Crippen LogP contribution in [0.15, 0.2) is 200 Å². The molecule has 0 aliphatic carbocycles. The quantitative estimate of drug-likeness (QED) is 0.164. The Kier molecular flexibility index (Phi) is 6.89. The van der Waals surface area contributed by atoms with Crippen molar-refractivity contribution in [3.05, 3.63) is 200 Å². The highest BCUT2D eigenvalue weighted by molar-refractivity contribution is 6.24. The lowest BCUT2D eigenvalue weighted by atomic mass is 9.83. The van der Waals surface area contributed by atoms with E-state index in [9.17, 15) is 0 Å². The molecule has 10 aromatic rings. The first-order chi connectivity index (χ1) is 25.3. The molecule has 0 spiro atoms. The number of nitrogens with zero attached hydrogens (tertiary/aromatic N) is 1. The van der Waals surface area contributed by atoms with Gasteiger partial charge in [-0.1, -0.05) is 170 Å². The van der Waals surface area contributed by atoms with Gasteiger partial charge in [-0.2, -0.15) is 0 Å². The second kappa shape index (κ2) is 12.0. The van der Waals surface area contributed by atoms with E-state index in [4.69, 9.17) is 0 Å². The van der Waals surface area contributed by atoms with Crippen LogP contribution in [0.25, 0.3) is 93.5 Å². The fourth-order valence-electron chi connectivity index (χ4n) is 8.25. The van der Waals surface area contributed by atoms with Gasteiger partial charge in [-0.15, -0.1) is 0 Å². The molecule has 0 saturated heterocycles. The number of benzene rings is 9. The van der Waals surface area contributed by atoms with Gasteiger partial charge in [0.1, 0.15) is 0 Å². The molecular formula is C50H33N. The Morgan fingerprint density at radius 1 is 0.275 bits per heavy atom. The van der Waals surface area contributed by atoms with Crippen LogP contribution >= 0.6 is 0 Å². The minimum atomic E-state index is 1.16. The maximum absolute atomic E-state index is 2.40. The number of fused-ring (bicyclic) bond motifs is 5. The van der Waals surface area contributed by atoms with E-state index in [2.05, 4.69) is 205 Å². The maximum Gasteiger partial charge on any atom is 0.0547 e. The van der Waals surface area contributed by atoms with Crippen molar-refractivity contribution < 1.29 is 0 Å². The van der Waals surface area contributed by atoms with E-state index in [1.807, 2.05) is 0 Å². The normalized spacial score (nSPS) is 11.5. The topological polar surface area (TPSA) is 4.93 Å². The highest BCUT2D eigenvalue weighted by Crippen LogP contribution is 2.48. The van der Waals surface area contributed by atoms with Crippen molar-refractivity contribution >= 4 is 43.4 Å². The lowest BCUT2D eigenvalue weighted by Gasteiger charge is -2.20. The maximum atomic E-state index is 2.40.